The van der Waals surface area contributed by atoms with Crippen LogP contribution in [0.2, 0.25) is 0 Å². The highest BCUT2D eigenvalue weighted by atomic mass is 32.2. The van der Waals surface area contributed by atoms with E-state index in [9.17, 15) is 41.4 Å². The number of nitriles is 1. The summed E-state index contributed by atoms with van der Waals surface area (Å²) in [7, 11) is -9.39. The van der Waals surface area contributed by atoms with E-state index < -0.39 is 48.2 Å². The molecule has 66 heavy (non-hydrogen) atoms. The maximum atomic E-state index is 12.8. The molecule has 0 saturated heterocycles. The number of hydrogen-bond donors (Lipinski definition) is 6. The Kier molecular flexibility index (Phi) is 14.5. The largest absolute Gasteiger partial charge is 0.505 e. The van der Waals surface area contributed by atoms with Crippen molar-refractivity contribution in [2.45, 2.75) is 34.4 Å². The van der Waals surface area contributed by atoms with Gasteiger partial charge in [0.05, 0.1) is 52.6 Å². The van der Waals surface area contributed by atoms with Gasteiger partial charge in [0.1, 0.15) is 39.3 Å². The summed E-state index contributed by atoms with van der Waals surface area (Å²) in [6.07, 6.45) is -0.136. The number of thioether (sulfide) groups is 1. The molecule has 6 N–H and O–H groups in total. The lowest BCUT2D eigenvalue weighted by atomic mass is 10.1. The van der Waals surface area contributed by atoms with Crippen LogP contribution in [-0.2, 0) is 29.6 Å². The number of nitrogens with zero attached hydrogens (tertiary/aromatic N) is 11. The number of phenolic OH excluding ortho intramolecular Hbond substituents is 1. The Morgan fingerprint density at radius 1 is 0.909 bits per heavy atom. The molecule has 0 radical (unpaired) electrons. The fourth-order valence-electron chi connectivity index (χ4n) is 6.21. The van der Waals surface area contributed by atoms with Crippen molar-refractivity contribution in [3.05, 3.63) is 71.3 Å². The predicted molar refractivity (Wildman–Crippen MR) is 238 cm³/mol. The van der Waals surface area contributed by atoms with Crippen LogP contribution in [0.15, 0.2) is 99.4 Å². The zero-order chi connectivity index (χ0) is 47.3. The van der Waals surface area contributed by atoms with Crippen molar-refractivity contribution in [1.29, 1.82) is 5.26 Å². The third-order valence-electron chi connectivity index (χ3n) is 9.17. The lowest BCUT2D eigenvalue weighted by molar-refractivity contribution is -0.432. The summed E-state index contributed by atoms with van der Waals surface area (Å²) in [5, 5.41) is 88.1. The standard InChI is InChI=1S/C37H31N11O13S5/c1-18-12-25(28(59-9-5-11-65(53,54)55)16-24(18)40-45-36-46-47-37(63-36)62-10-8-49)41-44-32-29(64-61-60-52)13-20-14-30(66(56,57)58)26(15-21(20)33(32)50)42-43-31-19(2)22(17-38)34-39-23-6-3-4-7-27(23)48(34)35(31)51/h3-4,6-7,12-16,49-52H,5,8-11H2,1-2H3,(H,53,54,55)(H,56,57,58). The first-order valence-electron chi connectivity index (χ1n) is 18.5. The summed E-state index contributed by atoms with van der Waals surface area (Å²) < 4.78 is 80.1. The molecule has 3 aromatic heterocycles. The SMILES string of the molecule is Cc1cc(N=Nc2c(SOOO)cc3cc(S(=O)(=O)O)c(N=Nc4c(C)c(C#N)c5nc6ccccc6n5c4O)cc3c2O)c(OCCCS(=O)(=O)O)cc1N=Nc1nnc(SCCO)s1. The summed E-state index contributed by atoms with van der Waals surface area (Å²) in [5.41, 5.74) is 0.838. The fraction of sp³-hybridized carbons (Fsp3) is 0.189. The van der Waals surface area contributed by atoms with E-state index in [1.165, 1.54) is 41.3 Å². The highest BCUT2D eigenvalue weighted by Gasteiger charge is 2.24. The van der Waals surface area contributed by atoms with Gasteiger partial charge in [0.15, 0.2) is 21.4 Å². The smallest absolute Gasteiger partial charge is 0.296 e. The molecule has 29 heteroatoms. The molecule has 0 spiro atoms. The Labute approximate surface area is 384 Å². The number of fused-ring (bicyclic) bond motifs is 4. The summed E-state index contributed by atoms with van der Waals surface area (Å²) in [6, 6.07) is 14.9. The second-order valence-corrected chi connectivity index (χ2v) is 19.5. The topological polar surface area (TPSA) is 358 Å². The van der Waals surface area contributed by atoms with Gasteiger partial charge in [-0.25, -0.2) is 10.2 Å². The van der Waals surface area contributed by atoms with Gasteiger partial charge in [-0.2, -0.15) is 22.1 Å². The molecule has 0 atom stereocenters. The molecule has 0 aliphatic rings. The third-order valence-corrected chi connectivity index (χ3v) is 13.4. The molecule has 0 amide bonds. The molecular formula is C37H31N11O13S5. The van der Waals surface area contributed by atoms with Crippen LogP contribution >= 0.6 is 35.1 Å². The predicted octanol–water partition coefficient (Wildman–Crippen LogP) is 9.05. The molecule has 7 rings (SSSR count). The van der Waals surface area contributed by atoms with Crippen LogP contribution < -0.4 is 4.74 Å². The number of aromatic hydroxyl groups is 2. The number of rotatable bonds is 18. The van der Waals surface area contributed by atoms with Crippen LogP contribution in [-0.4, -0.2) is 90.8 Å². The minimum atomic E-state index is -5.07. The van der Waals surface area contributed by atoms with Gasteiger partial charge in [0.2, 0.25) is 5.88 Å². The highest BCUT2D eigenvalue weighted by Crippen LogP contribution is 2.48. The number of aromatic nitrogens is 4. The Morgan fingerprint density at radius 3 is 2.38 bits per heavy atom. The van der Waals surface area contributed by atoms with Gasteiger partial charge in [-0.1, -0.05) is 40.3 Å². The Morgan fingerprint density at radius 2 is 1.65 bits per heavy atom. The number of pyridine rings is 1. The van der Waals surface area contributed by atoms with Gasteiger partial charge in [0, 0.05) is 22.8 Å². The molecule has 4 aromatic carbocycles. The van der Waals surface area contributed by atoms with Gasteiger partial charge >= 0.3 is 0 Å². The van der Waals surface area contributed by atoms with E-state index in [4.69, 9.17) is 15.1 Å². The zero-order valence-corrected chi connectivity index (χ0v) is 37.8. The van der Waals surface area contributed by atoms with Crippen molar-refractivity contribution >= 4 is 116 Å². The number of ether oxygens (including phenoxy) is 1. The van der Waals surface area contributed by atoms with Crippen molar-refractivity contribution in [2.75, 3.05) is 24.7 Å². The highest BCUT2D eigenvalue weighted by molar-refractivity contribution is 8.01. The lowest BCUT2D eigenvalue weighted by Gasteiger charge is -2.13. The molecule has 24 nitrogen and oxygen atoms in total. The van der Waals surface area contributed by atoms with Gasteiger partial charge in [-0.15, -0.1) is 45.2 Å². The number of aryl methyl sites for hydroxylation is 1. The average molecular weight is 998 g/mol. The summed E-state index contributed by atoms with van der Waals surface area (Å²) >= 11 is 2.73. The van der Waals surface area contributed by atoms with Gasteiger partial charge in [-0.3, -0.25) is 13.5 Å². The van der Waals surface area contributed by atoms with E-state index in [1.807, 2.05) is 6.07 Å². The first kappa shape index (κ1) is 47.7. The number of benzene rings is 4. The molecule has 3 heterocycles. The Bertz CT molecular complexity index is 3390. The number of phenols is 1. The molecule has 342 valence electrons. The van der Waals surface area contributed by atoms with Crippen LogP contribution in [0.5, 0.6) is 17.4 Å². The van der Waals surface area contributed by atoms with E-state index >= 15 is 0 Å². The van der Waals surface area contributed by atoms with E-state index in [2.05, 4.69) is 55.2 Å². The fourth-order valence-corrected chi connectivity index (χ4v) is 9.30. The second-order valence-electron chi connectivity index (χ2n) is 13.5. The van der Waals surface area contributed by atoms with Crippen molar-refractivity contribution in [3.8, 4) is 23.4 Å². The number of hydrogen-bond acceptors (Lipinski definition) is 24. The van der Waals surface area contributed by atoms with Gasteiger partial charge in [0.25, 0.3) is 25.4 Å². The average Bonchev–Trinajstić information content (AvgIpc) is 3.90. The quantitative estimate of drug-likeness (QED) is 0.00887. The van der Waals surface area contributed by atoms with Crippen molar-refractivity contribution in [2.24, 2.45) is 30.7 Å². The molecule has 0 unspecified atom stereocenters. The van der Waals surface area contributed by atoms with Crippen LogP contribution in [0.3, 0.4) is 0 Å². The summed E-state index contributed by atoms with van der Waals surface area (Å²) in [5.74, 6) is -1.37. The molecule has 7 aromatic rings. The van der Waals surface area contributed by atoms with Crippen molar-refractivity contribution < 1.29 is 60.6 Å². The number of aliphatic hydroxyl groups is 1. The maximum Gasteiger partial charge on any atom is 0.296 e. The summed E-state index contributed by atoms with van der Waals surface area (Å²) in [4.78, 5) is 3.55. The van der Waals surface area contributed by atoms with E-state index in [0.717, 1.165) is 23.5 Å². The van der Waals surface area contributed by atoms with E-state index in [0.29, 0.717) is 38.7 Å². The van der Waals surface area contributed by atoms with E-state index in [-0.39, 0.29) is 85.7 Å². The van der Waals surface area contributed by atoms with Crippen LogP contribution in [0.1, 0.15) is 23.1 Å². The number of para-hydroxylation sites is 2. The normalized spacial score (nSPS) is 12.5. The van der Waals surface area contributed by atoms with Crippen LogP contribution in [0.4, 0.5) is 33.6 Å². The second kappa shape index (κ2) is 20.1. The van der Waals surface area contributed by atoms with Crippen LogP contribution in [0, 0.1) is 25.2 Å². The summed E-state index contributed by atoms with van der Waals surface area (Å²) in [6.45, 7) is 2.84. The molecule has 0 saturated carbocycles. The Balaban J connectivity index is 1.32. The third kappa shape index (κ3) is 10.5. The van der Waals surface area contributed by atoms with Crippen molar-refractivity contribution in [1.82, 2.24) is 19.6 Å². The molecule has 0 fully saturated rings. The monoisotopic (exact) mass is 997 g/mol. The molecule has 0 aliphatic heterocycles. The van der Waals surface area contributed by atoms with Gasteiger partial charge < -0.3 is 20.1 Å². The number of aliphatic hydroxyl groups excluding tert-OH is 1. The molecular weight excluding hydrogens is 967 g/mol. The minimum Gasteiger partial charge on any atom is -0.505 e. The van der Waals surface area contributed by atoms with Crippen molar-refractivity contribution in [3.63, 3.8) is 0 Å². The van der Waals surface area contributed by atoms with E-state index in [1.54, 1.807) is 31.2 Å². The maximum absolute atomic E-state index is 12.8. The molecule has 0 aliphatic carbocycles. The molecule has 0 bridgehead atoms. The first-order valence-corrected chi connectivity index (χ1v) is 24.1. The lowest BCUT2D eigenvalue weighted by Crippen LogP contribution is -2.08. The zero-order valence-electron chi connectivity index (χ0n) is 33.7. The first-order chi connectivity index (χ1) is 31.5. The number of azo groups is 3. The Hall–Kier alpha value is -6.30. The van der Waals surface area contributed by atoms with Crippen LogP contribution in [0.25, 0.3) is 27.5 Å². The minimum absolute atomic E-state index is 0.00464. The number of imidazole rings is 1. The van der Waals surface area contributed by atoms with Gasteiger partial charge in [-0.05, 0) is 67.6 Å².